The molecule has 0 atom stereocenters. The highest BCUT2D eigenvalue weighted by Crippen LogP contribution is 2.13. The zero-order valence-corrected chi connectivity index (χ0v) is 8.37. The topological polar surface area (TPSA) is 52.9 Å². The van der Waals surface area contributed by atoms with Crippen LogP contribution in [0.5, 0.6) is 0 Å². The van der Waals surface area contributed by atoms with E-state index in [1.165, 1.54) is 6.92 Å². The number of carbonyl (C=O) groups is 1. The van der Waals surface area contributed by atoms with Gasteiger partial charge in [-0.05, 0) is 12.1 Å². The Morgan fingerprint density at radius 3 is 2.87 bits per heavy atom. The number of nitriles is 1. The summed E-state index contributed by atoms with van der Waals surface area (Å²) < 4.78 is 0. The van der Waals surface area contributed by atoms with Gasteiger partial charge < -0.3 is 5.32 Å². The number of hydrogen-bond donors (Lipinski definition) is 1. The van der Waals surface area contributed by atoms with E-state index in [0.29, 0.717) is 5.69 Å². The second-order valence-electron chi connectivity index (χ2n) is 2.86. The Balaban J connectivity index is 2.93. The number of para-hydroxylation sites is 1. The minimum Gasteiger partial charge on any atom is -0.325 e. The quantitative estimate of drug-likeness (QED) is 0.701. The van der Waals surface area contributed by atoms with Crippen LogP contribution in [0.2, 0.25) is 0 Å². The van der Waals surface area contributed by atoms with E-state index < -0.39 is 0 Å². The molecular weight excluding hydrogens is 188 g/mol. The van der Waals surface area contributed by atoms with Gasteiger partial charge in [0.25, 0.3) is 0 Å². The van der Waals surface area contributed by atoms with E-state index in [4.69, 9.17) is 5.26 Å². The van der Waals surface area contributed by atoms with Crippen molar-refractivity contribution in [2.75, 3.05) is 5.32 Å². The van der Waals surface area contributed by atoms with Crippen LogP contribution in [-0.4, -0.2) is 5.91 Å². The minimum absolute atomic E-state index is 0.135. The van der Waals surface area contributed by atoms with E-state index in [2.05, 4.69) is 17.2 Å². The van der Waals surface area contributed by atoms with Gasteiger partial charge >= 0.3 is 0 Å². The Morgan fingerprint density at radius 1 is 1.47 bits per heavy atom. The minimum atomic E-state index is -0.135. The lowest BCUT2D eigenvalue weighted by atomic mass is 10.2. The van der Waals surface area contributed by atoms with Crippen LogP contribution in [0, 0.1) is 23.2 Å². The van der Waals surface area contributed by atoms with E-state index in [9.17, 15) is 4.79 Å². The molecule has 1 aromatic carbocycles. The number of rotatable bonds is 1. The molecule has 0 bridgehead atoms. The van der Waals surface area contributed by atoms with Crippen LogP contribution in [0.1, 0.15) is 18.9 Å². The molecule has 1 rings (SSSR count). The Kier molecular flexibility index (Phi) is 3.94. The fourth-order valence-corrected chi connectivity index (χ4v) is 1.07. The van der Waals surface area contributed by atoms with Crippen molar-refractivity contribution in [3.05, 3.63) is 29.8 Å². The van der Waals surface area contributed by atoms with Crippen LogP contribution in [0.25, 0.3) is 0 Å². The molecule has 3 heteroatoms. The molecule has 15 heavy (non-hydrogen) atoms. The van der Waals surface area contributed by atoms with Gasteiger partial charge in [0, 0.05) is 12.5 Å². The number of benzene rings is 1. The van der Waals surface area contributed by atoms with Gasteiger partial charge in [-0.2, -0.15) is 5.26 Å². The Morgan fingerprint density at radius 2 is 2.20 bits per heavy atom. The molecule has 0 aromatic heterocycles. The highest BCUT2D eigenvalue weighted by Gasteiger charge is 1.99. The van der Waals surface area contributed by atoms with Crippen LogP contribution in [0.15, 0.2) is 24.3 Å². The van der Waals surface area contributed by atoms with Crippen LogP contribution in [0.4, 0.5) is 5.69 Å². The predicted octanol–water partition coefficient (Wildman–Crippen LogP) is 1.91. The zero-order valence-electron chi connectivity index (χ0n) is 8.37. The molecule has 0 fully saturated rings. The first-order valence-electron chi connectivity index (χ1n) is 4.46. The van der Waals surface area contributed by atoms with Gasteiger partial charge in [0.05, 0.1) is 18.2 Å². The fourth-order valence-electron chi connectivity index (χ4n) is 1.07. The average Bonchev–Trinajstić information content (AvgIpc) is 2.20. The number of nitrogens with zero attached hydrogens (tertiary/aromatic N) is 1. The molecule has 0 aliphatic heterocycles. The number of carbonyl (C=O) groups excluding carboxylic acids is 1. The number of anilines is 1. The lowest BCUT2D eigenvalue weighted by Crippen LogP contribution is -2.06. The number of nitrogens with one attached hydrogen (secondary N) is 1. The maximum absolute atomic E-state index is 10.9. The third kappa shape index (κ3) is 3.54. The predicted molar refractivity (Wildman–Crippen MR) is 57.9 cm³/mol. The first-order valence-corrected chi connectivity index (χ1v) is 4.46. The van der Waals surface area contributed by atoms with Crippen LogP contribution < -0.4 is 5.32 Å². The third-order valence-corrected chi connectivity index (χ3v) is 1.63. The lowest BCUT2D eigenvalue weighted by molar-refractivity contribution is -0.114. The molecule has 0 saturated carbocycles. The van der Waals surface area contributed by atoms with Gasteiger partial charge in [-0.1, -0.05) is 24.0 Å². The molecule has 1 N–H and O–H groups in total. The first kappa shape index (κ1) is 10.8. The molecule has 0 heterocycles. The average molecular weight is 198 g/mol. The van der Waals surface area contributed by atoms with Crippen molar-refractivity contribution in [2.24, 2.45) is 0 Å². The standard InChI is InChI=1S/C12H10N2O/c1-10(15)14-12-8-3-2-6-11(12)7-4-5-9-13/h2-3,6,8H,5H2,1H3,(H,14,15). The Hall–Kier alpha value is -2.26. The van der Waals surface area contributed by atoms with Gasteiger partial charge in [0.2, 0.25) is 5.91 Å². The van der Waals surface area contributed by atoms with Gasteiger partial charge in [-0.15, -0.1) is 0 Å². The molecule has 1 aromatic rings. The maximum atomic E-state index is 10.9. The summed E-state index contributed by atoms with van der Waals surface area (Å²) in [4.78, 5) is 10.9. The summed E-state index contributed by atoms with van der Waals surface area (Å²) in [6.07, 6.45) is 0.189. The van der Waals surface area contributed by atoms with Crippen LogP contribution in [-0.2, 0) is 4.79 Å². The molecule has 0 aliphatic rings. The van der Waals surface area contributed by atoms with Crippen molar-refractivity contribution in [1.29, 1.82) is 5.26 Å². The van der Waals surface area contributed by atoms with E-state index in [-0.39, 0.29) is 12.3 Å². The number of amides is 1. The van der Waals surface area contributed by atoms with Gasteiger partial charge in [0.15, 0.2) is 0 Å². The zero-order chi connectivity index (χ0) is 11.1. The first-order chi connectivity index (χ1) is 7.24. The summed E-state index contributed by atoms with van der Waals surface area (Å²) in [6, 6.07) is 9.17. The molecule has 0 spiro atoms. The normalized spacial score (nSPS) is 8.27. The SMILES string of the molecule is CC(=O)Nc1ccccc1C#CCC#N. The summed E-state index contributed by atoms with van der Waals surface area (Å²) in [5, 5.41) is 11.0. The molecular formula is C12H10N2O. The van der Waals surface area contributed by atoms with Gasteiger partial charge in [0.1, 0.15) is 0 Å². The molecule has 1 amide bonds. The van der Waals surface area contributed by atoms with Gasteiger partial charge in [-0.25, -0.2) is 0 Å². The highest BCUT2D eigenvalue weighted by molar-refractivity contribution is 5.90. The van der Waals surface area contributed by atoms with Crippen LogP contribution >= 0.6 is 0 Å². The summed E-state index contributed by atoms with van der Waals surface area (Å²) in [6.45, 7) is 1.44. The van der Waals surface area contributed by atoms with Crippen molar-refractivity contribution in [1.82, 2.24) is 0 Å². The summed E-state index contributed by atoms with van der Waals surface area (Å²) in [7, 11) is 0. The monoisotopic (exact) mass is 198 g/mol. The largest absolute Gasteiger partial charge is 0.325 e. The molecule has 0 aliphatic carbocycles. The van der Waals surface area contributed by atoms with Crippen LogP contribution in [0.3, 0.4) is 0 Å². The summed E-state index contributed by atoms with van der Waals surface area (Å²) >= 11 is 0. The fraction of sp³-hybridized carbons (Fsp3) is 0.167. The third-order valence-electron chi connectivity index (χ3n) is 1.63. The summed E-state index contributed by atoms with van der Waals surface area (Å²) in [5.74, 6) is 5.40. The van der Waals surface area contributed by atoms with Crippen molar-refractivity contribution in [3.63, 3.8) is 0 Å². The lowest BCUT2D eigenvalue weighted by Gasteiger charge is -2.03. The molecule has 0 unspecified atom stereocenters. The second-order valence-corrected chi connectivity index (χ2v) is 2.86. The van der Waals surface area contributed by atoms with Crippen molar-refractivity contribution in [3.8, 4) is 17.9 Å². The molecule has 3 nitrogen and oxygen atoms in total. The van der Waals surface area contributed by atoms with Crippen molar-refractivity contribution >= 4 is 11.6 Å². The van der Waals surface area contributed by atoms with E-state index in [0.717, 1.165) is 5.56 Å². The molecule has 74 valence electrons. The van der Waals surface area contributed by atoms with Crippen molar-refractivity contribution in [2.45, 2.75) is 13.3 Å². The Labute approximate surface area is 88.7 Å². The highest BCUT2D eigenvalue weighted by atomic mass is 16.1. The summed E-state index contributed by atoms with van der Waals surface area (Å²) in [5.41, 5.74) is 1.40. The number of hydrogen-bond acceptors (Lipinski definition) is 2. The van der Waals surface area contributed by atoms with Gasteiger partial charge in [-0.3, -0.25) is 4.79 Å². The maximum Gasteiger partial charge on any atom is 0.221 e. The van der Waals surface area contributed by atoms with E-state index in [1.54, 1.807) is 12.1 Å². The van der Waals surface area contributed by atoms with Crippen molar-refractivity contribution < 1.29 is 4.79 Å². The second kappa shape index (κ2) is 5.47. The molecule has 0 radical (unpaired) electrons. The Bertz CT molecular complexity index is 460. The molecule has 0 saturated heterocycles. The van der Waals surface area contributed by atoms with E-state index in [1.807, 2.05) is 18.2 Å². The van der Waals surface area contributed by atoms with E-state index >= 15 is 0 Å². The smallest absolute Gasteiger partial charge is 0.221 e.